The van der Waals surface area contributed by atoms with Gasteiger partial charge in [0, 0.05) is 81.2 Å². The number of allylic oxidation sites excluding steroid dienone is 1. The van der Waals surface area contributed by atoms with Gasteiger partial charge in [-0.15, -0.1) is 0 Å². The second-order valence-corrected chi connectivity index (χ2v) is 13.0. The van der Waals surface area contributed by atoms with Gasteiger partial charge >= 0.3 is 0 Å². The number of para-hydroxylation sites is 1. The summed E-state index contributed by atoms with van der Waals surface area (Å²) < 4.78 is 4.56. The molecule has 0 spiro atoms. The van der Waals surface area contributed by atoms with Crippen molar-refractivity contribution in [3.8, 4) is 16.9 Å². The summed E-state index contributed by atoms with van der Waals surface area (Å²) in [5.41, 5.74) is 16.9. The summed E-state index contributed by atoms with van der Waals surface area (Å²) in [6.45, 7) is 1.92. The molecule has 3 heterocycles. The minimum absolute atomic E-state index is 0.480. The predicted molar refractivity (Wildman–Crippen MR) is 227 cm³/mol. The largest absolute Gasteiger partial charge is 0.383 e. The Morgan fingerprint density at radius 1 is 0.630 bits per heavy atom. The van der Waals surface area contributed by atoms with Crippen molar-refractivity contribution in [3.05, 3.63) is 200 Å². The van der Waals surface area contributed by atoms with Crippen molar-refractivity contribution in [3.63, 3.8) is 0 Å². The summed E-state index contributed by atoms with van der Waals surface area (Å²) in [7, 11) is 2.10. The van der Waals surface area contributed by atoms with E-state index in [0.717, 1.165) is 45.1 Å². The topological polar surface area (TPSA) is 64.4 Å². The number of nitrogens with two attached hydrogens (primary N) is 1. The molecule has 0 saturated carbocycles. The molecule has 0 bridgehead atoms. The highest BCUT2D eigenvalue weighted by molar-refractivity contribution is 6.14. The molecule has 6 heteroatoms. The van der Waals surface area contributed by atoms with Gasteiger partial charge in [0.2, 0.25) is 0 Å². The van der Waals surface area contributed by atoms with Crippen molar-refractivity contribution < 1.29 is 0 Å². The fourth-order valence-electron chi connectivity index (χ4n) is 6.92. The van der Waals surface area contributed by atoms with Gasteiger partial charge in [0.25, 0.3) is 0 Å². The van der Waals surface area contributed by atoms with E-state index in [2.05, 4.69) is 140 Å². The normalized spacial score (nSPS) is 11.6. The van der Waals surface area contributed by atoms with Crippen LogP contribution in [-0.4, -0.2) is 20.0 Å². The third kappa shape index (κ3) is 6.76. The van der Waals surface area contributed by atoms with E-state index in [0.29, 0.717) is 5.84 Å². The molecule has 9 aromatic rings. The number of aryl methyl sites for hydroxylation is 1. The van der Waals surface area contributed by atoms with Crippen LogP contribution in [0.15, 0.2) is 200 Å². The first-order chi connectivity index (χ1) is 26.6. The highest BCUT2D eigenvalue weighted by Gasteiger charge is 2.19. The Labute approximate surface area is 315 Å². The fraction of sp³-hybridized carbons (Fsp3) is 0.0417. The zero-order valence-corrected chi connectivity index (χ0v) is 30.3. The molecule has 262 valence electrons. The van der Waals surface area contributed by atoms with Crippen molar-refractivity contribution in [2.75, 3.05) is 4.90 Å². The van der Waals surface area contributed by atoms with E-state index in [1.165, 1.54) is 27.2 Å². The van der Waals surface area contributed by atoms with Gasteiger partial charge in [-0.1, -0.05) is 78.9 Å². The molecule has 0 saturated heterocycles. The van der Waals surface area contributed by atoms with Crippen LogP contribution in [0.4, 0.5) is 17.1 Å². The van der Waals surface area contributed by atoms with Crippen LogP contribution in [0, 0.1) is 0 Å². The van der Waals surface area contributed by atoms with Crippen LogP contribution < -0.4 is 10.6 Å². The number of benzene rings is 6. The second kappa shape index (κ2) is 15.2. The second-order valence-electron chi connectivity index (χ2n) is 13.0. The van der Waals surface area contributed by atoms with Crippen LogP contribution in [0.1, 0.15) is 12.5 Å². The number of aliphatic imine (C=N–C) groups is 1. The Morgan fingerprint density at radius 2 is 1.26 bits per heavy atom. The summed E-state index contributed by atoms with van der Waals surface area (Å²) in [4.78, 5) is 11.2. The van der Waals surface area contributed by atoms with Crippen molar-refractivity contribution >= 4 is 55.6 Å². The molecule has 0 atom stereocenters. The van der Waals surface area contributed by atoms with Gasteiger partial charge < -0.3 is 19.8 Å². The number of aromatic nitrogens is 3. The minimum Gasteiger partial charge on any atom is -0.383 e. The SMILES string of the molecule is C/C=C\N=C(N)c1ccc(N(c2ccc(-c3ccccn3)cc2)c2ccc3c(c2)c2cc4c(ccn4C)cc2n3-c2ccccc2)cc1.c1ccccc1. The van der Waals surface area contributed by atoms with Crippen molar-refractivity contribution in [1.82, 2.24) is 14.1 Å². The molecule has 0 aliphatic carbocycles. The van der Waals surface area contributed by atoms with Gasteiger partial charge in [0.05, 0.1) is 16.7 Å². The zero-order chi connectivity index (χ0) is 36.9. The lowest BCUT2D eigenvalue weighted by atomic mass is 10.1. The van der Waals surface area contributed by atoms with E-state index >= 15 is 0 Å². The molecule has 0 amide bonds. The summed E-state index contributed by atoms with van der Waals surface area (Å²) in [5, 5.41) is 3.61. The first-order valence-electron chi connectivity index (χ1n) is 18.0. The number of anilines is 3. The molecular weight excluding hydrogens is 661 g/mol. The minimum atomic E-state index is 0.480. The molecule has 2 N–H and O–H groups in total. The van der Waals surface area contributed by atoms with Gasteiger partial charge in [-0.05, 0) is 104 Å². The monoisotopic (exact) mass is 700 g/mol. The lowest BCUT2D eigenvalue weighted by Crippen LogP contribution is -2.14. The quantitative estimate of drug-likeness (QED) is 0.133. The van der Waals surface area contributed by atoms with E-state index < -0.39 is 0 Å². The number of amidine groups is 1. The van der Waals surface area contributed by atoms with Crippen LogP contribution in [0.5, 0.6) is 0 Å². The van der Waals surface area contributed by atoms with Crippen LogP contribution >= 0.6 is 0 Å². The van der Waals surface area contributed by atoms with Crippen molar-refractivity contribution in [2.24, 2.45) is 17.8 Å². The molecule has 0 unspecified atom stereocenters. The van der Waals surface area contributed by atoms with Gasteiger partial charge in [0.15, 0.2) is 0 Å². The number of hydrogen-bond donors (Lipinski definition) is 1. The van der Waals surface area contributed by atoms with Crippen molar-refractivity contribution in [1.29, 1.82) is 0 Å². The lowest BCUT2D eigenvalue weighted by Gasteiger charge is -2.26. The fourth-order valence-corrected chi connectivity index (χ4v) is 6.92. The number of rotatable bonds is 7. The lowest BCUT2D eigenvalue weighted by molar-refractivity contribution is 0.970. The Bertz CT molecular complexity index is 2680. The number of pyridine rings is 1. The Kier molecular flexibility index (Phi) is 9.55. The van der Waals surface area contributed by atoms with E-state index in [-0.39, 0.29) is 0 Å². The molecule has 6 nitrogen and oxygen atoms in total. The first-order valence-corrected chi connectivity index (χ1v) is 18.0. The molecule has 6 aromatic carbocycles. The highest BCUT2D eigenvalue weighted by Crippen LogP contribution is 2.41. The average molecular weight is 701 g/mol. The van der Waals surface area contributed by atoms with E-state index in [1.54, 1.807) is 6.20 Å². The third-order valence-electron chi connectivity index (χ3n) is 9.56. The molecule has 54 heavy (non-hydrogen) atoms. The average Bonchev–Trinajstić information content (AvgIpc) is 3.77. The molecule has 0 aliphatic rings. The Morgan fingerprint density at radius 3 is 1.93 bits per heavy atom. The number of fused-ring (bicyclic) bond motifs is 4. The maximum Gasteiger partial charge on any atom is 0.130 e. The predicted octanol–water partition coefficient (Wildman–Crippen LogP) is 11.7. The maximum atomic E-state index is 6.28. The van der Waals surface area contributed by atoms with Gasteiger partial charge in [-0.25, -0.2) is 4.99 Å². The summed E-state index contributed by atoms with van der Waals surface area (Å²) in [5.74, 6) is 0.480. The summed E-state index contributed by atoms with van der Waals surface area (Å²) >= 11 is 0. The summed E-state index contributed by atoms with van der Waals surface area (Å²) in [6.07, 6.45) is 7.53. The third-order valence-corrected chi connectivity index (χ3v) is 9.56. The van der Waals surface area contributed by atoms with Gasteiger partial charge in [-0.2, -0.15) is 0 Å². The van der Waals surface area contributed by atoms with E-state index in [9.17, 15) is 0 Å². The standard InChI is InChI=1S/C42H34N6.C6H6/c1-3-23-45-42(43)30-14-18-34(19-15-30)47(33-16-12-29(13-17-33)38-11-7-8-24-44-38)35-20-21-39-36(27-35)37-28-40-31(22-25-46(40)2)26-41(37)48(39)32-9-5-4-6-10-32;1-2-4-6-5-3-1/h3-28H,1-2H3,(H2,43,45);1-6H/b23-3-;. The molecular formula is C48H40N6. The molecule has 9 rings (SSSR count). The molecule has 0 aliphatic heterocycles. The summed E-state index contributed by atoms with van der Waals surface area (Å²) in [6, 6.07) is 59.0. The molecule has 3 aromatic heterocycles. The van der Waals surface area contributed by atoms with Crippen LogP contribution in [0.3, 0.4) is 0 Å². The van der Waals surface area contributed by atoms with E-state index in [4.69, 9.17) is 5.73 Å². The smallest absolute Gasteiger partial charge is 0.130 e. The van der Waals surface area contributed by atoms with Gasteiger partial charge in [0.1, 0.15) is 5.84 Å². The van der Waals surface area contributed by atoms with Crippen molar-refractivity contribution in [2.45, 2.75) is 6.92 Å². The van der Waals surface area contributed by atoms with Gasteiger partial charge in [-0.3, -0.25) is 4.98 Å². The molecule has 0 radical (unpaired) electrons. The number of hydrogen-bond acceptors (Lipinski definition) is 3. The zero-order valence-electron chi connectivity index (χ0n) is 30.3. The number of nitrogens with zero attached hydrogens (tertiary/aromatic N) is 5. The van der Waals surface area contributed by atoms with E-state index in [1.807, 2.05) is 85.9 Å². The maximum absolute atomic E-state index is 6.28. The molecule has 0 fully saturated rings. The Balaban J connectivity index is 0.000000630. The highest BCUT2D eigenvalue weighted by atomic mass is 15.1. The van der Waals surface area contributed by atoms with Crippen LogP contribution in [0.25, 0.3) is 49.7 Å². The Hall–Kier alpha value is -7.18. The van der Waals surface area contributed by atoms with Crippen LogP contribution in [0.2, 0.25) is 0 Å². The first kappa shape index (κ1) is 33.9. The van der Waals surface area contributed by atoms with Crippen LogP contribution in [-0.2, 0) is 7.05 Å².